The monoisotopic (exact) mass is 218 g/mol. The standard InChI is InChI=1S/C9H8Cl2O2/c10-5-8(11)6-1-3-7(4-2-6)9(12)13/h1-4,8H,5H2,(H,12,13). The van der Waals surface area contributed by atoms with E-state index in [0.29, 0.717) is 5.88 Å². The number of hydrogen-bond acceptors (Lipinski definition) is 1. The Morgan fingerprint density at radius 2 is 1.92 bits per heavy atom. The Bertz CT molecular complexity index is 295. The quantitative estimate of drug-likeness (QED) is 0.793. The van der Waals surface area contributed by atoms with Crippen LogP contribution in [0.2, 0.25) is 0 Å². The van der Waals surface area contributed by atoms with E-state index in [-0.39, 0.29) is 10.9 Å². The maximum atomic E-state index is 10.5. The van der Waals surface area contributed by atoms with Crippen LogP contribution in [0.4, 0.5) is 0 Å². The fraction of sp³-hybridized carbons (Fsp3) is 0.222. The lowest BCUT2D eigenvalue weighted by Crippen LogP contribution is -1.97. The van der Waals surface area contributed by atoms with Crippen molar-refractivity contribution in [2.75, 3.05) is 5.88 Å². The maximum Gasteiger partial charge on any atom is 0.335 e. The summed E-state index contributed by atoms with van der Waals surface area (Å²) < 4.78 is 0. The zero-order chi connectivity index (χ0) is 9.84. The van der Waals surface area contributed by atoms with E-state index in [1.807, 2.05) is 0 Å². The highest BCUT2D eigenvalue weighted by Crippen LogP contribution is 2.21. The molecule has 0 saturated heterocycles. The molecule has 1 rings (SSSR count). The molecule has 70 valence electrons. The number of benzene rings is 1. The van der Waals surface area contributed by atoms with Crippen molar-refractivity contribution in [1.82, 2.24) is 0 Å². The third-order valence-electron chi connectivity index (χ3n) is 1.65. The van der Waals surface area contributed by atoms with Crippen molar-refractivity contribution in [3.05, 3.63) is 35.4 Å². The van der Waals surface area contributed by atoms with E-state index >= 15 is 0 Å². The Labute approximate surface area is 86.1 Å². The number of hydrogen-bond donors (Lipinski definition) is 1. The average molecular weight is 219 g/mol. The summed E-state index contributed by atoms with van der Waals surface area (Å²) in [4.78, 5) is 10.5. The molecule has 1 unspecified atom stereocenters. The van der Waals surface area contributed by atoms with E-state index < -0.39 is 5.97 Å². The molecule has 0 aliphatic rings. The second-order valence-corrected chi connectivity index (χ2v) is 3.38. The molecule has 0 saturated carbocycles. The van der Waals surface area contributed by atoms with E-state index in [2.05, 4.69) is 0 Å². The van der Waals surface area contributed by atoms with Gasteiger partial charge in [0.2, 0.25) is 0 Å². The van der Waals surface area contributed by atoms with Crippen molar-refractivity contribution in [1.29, 1.82) is 0 Å². The molecule has 13 heavy (non-hydrogen) atoms. The van der Waals surface area contributed by atoms with Crippen LogP contribution in [0, 0.1) is 0 Å². The Morgan fingerprint density at radius 1 is 1.38 bits per heavy atom. The Kier molecular flexibility index (Phi) is 3.58. The van der Waals surface area contributed by atoms with Crippen LogP contribution in [-0.2, 0) is 0 Å². The second kappa shape index (κ2) is 4.49. The normalized spacial score (nSPS) is 12.5. The van der Waals surface area contributed by atoms with Gasteiger partial charge in [0.15, 0.2) is 0 Å². The Hall–Kier alpha value is -0.730. The lowest BCUT2D eigenvalue weighted by Gasteiger charge is -2.05. The van der Waals surface area contributed by atoms with Crippen LogP contribution in [-0.4, -0.2) is 17.0 Å². The molecule has 2 nitrogen and oxygen atoms in total. The number of carboxylic acid groups (broad SMARTS) is 1. The topological polar surface area (TPSA) is 37.3 Å². The van der Waals surface area contributed by atoms with E-state index in [1.165, 1.54) is 12.1 Å². The molecular formula is C9H8Cl2O2. The Morgan fingerprint density at radius 3 is 2.31 bits per heavy atom. The number of carbonyl (C=O) groups is 1. The smallest absolute Gasteiger partial charge is 0.335 e. The van der Waals surface area contributed by atoms with Gasteiger partial charge in [-0.25, -0.2) is 4.79 Å². The Balaban J connectivity index is 2.87. The van der Waals surface area contributed by atoms with Gasteiger partial charge in [0, 0.05) is 5.88 Å². The minimum Gasteiger partial charge on any atom is -0.478 e. The number of halogens is 2. The van der Waals surface area contributed by atoms with Gasteiger partial charge in [-0.15, -0.1) is 23.2 Å². The third kappa shape index (κ3) is 2.61. The summed E-state index contributed by atoms with van der Waals surface area (Å²) in [7, 11) is 0. The predicted molar refractivity (Wildman–Crippen MR) is 52.7 cm³/mol. The maximum absolute atomic E-state index is 10.5. The highest BCUT2D eigenvalue weighted by Gasteiger charge is 2.07. The summed E-state index contributed by atoms with van der Waals surface area (Å²) in [5, 5.41) is 8.35. The SMILES string of the molecule is O=C(O)c1ccc(C(Cl)CCl)cc1. The molecule has 1 N–H and O–H groups in total. The van der Waals surface area contributed by atoms with Crippen molar-refractivity contribution in [2.45, 2.75) is 5.38 Å². The summed E-state index contributed by atoms with van der Waals surface area (Å²) >= 11 is 11.4. The molecule has 4 heteroatoms. The zero-order valence-corrected chi connectivity index (χ0v) is 8.22. The van der Waals surface area contributed by atoms with E-state index in [0.717, 1.165) is 5.56 Å². The molecule has 1 atom stereocenters. The molecule has 0 aromatic heterocycles. The van der Waals surface area contributed by atoms with Crippen LogP contribution in [0.25, 0.3) is 0 Å². The molecule has 0 aliphatic carbocycles. The molecule has 0 aliphatic heterocycles. The van der Waals surface area contributed by atoms with Crippen LogP contribution >= 0.6 is 23.2 Å². The molecular weight excluding hydrogens is 211 g/mol. The largest absolute Gasteiger partial charge is 0.478 e. The van der Waals surface area contributed by atoms with E-state index in [9.17, 15) is 4.79 Å². The van der Waals surface area contributed by atoms with Crippen LogP contribution in [0.1, 0.15) is 21.3 Å². The first-order valence-corrected chi connectivity index (χ1v) is 4.65. The minimum absolute atomic E-state index is 0.252. The first kappa shape index (κ1) is 10.4. The molecule has 0 radical (unpaired) electrons. The van der Waals surface area contributed by atoms with E-state index in [1.54, 1.807) is 12.1 Å². The summed E-state index contributed by atoms with van der Waals surface area (Å²) in [6.07, 6.45) is 0. The summed E-state index contributed by atoms with van der Waals surface area (Å²) in [5.41, 5.74) is 1.09. The molecule has 0 amide bonds. The van der Waals surface area contributed by atoms with Crippen LogP contribution in [0.5, 0.6) is 0 Å². The highest BCUT2D eigenvalue weighted by atomic mass is 35.5. The third-order valence-corrected chi connectivity index (χ3v) is 2.53. The van der Waals surface area contributed by atoms with Gasteiger partial charge in [0.1, 0.15) is 0 Å². The van der Waals surface area contributed by atoms with Crippen molar-refractivity contribution in [3.8, 4) is 0 Å². The van der Waals surface area contributed by atoms with Gasteiger partial charge < -0.3 is 5.11 Å². The van der Waals surface area contributed by atoms with Gasteiger partial charge in [0.25, 0.3) is 0 Å². The lowest BCUT2D eigenvalue weighted by atomic mass is 10.1. The van der Waals surface area contributed by atoms with Crippen molar-refractivity contribution < 1.29 is 9.90 Å². The first-order chi connectivity index (χ1) is 6.15. The van der Waals surface area contributed by atoms with Gasteiger partial charge in [-0.3, -0.25) is 0 Å². The minimum atomic E-state index is -0.941. The summed E-state index contributed by atoms with van der Waals surface area (Å²) in [5.74, 6) is -0.628. The van der Waals surface area contributed by atoms with Gasteiger partial charge in [-0.1, -0.05) is 12.1 Å². The summed E-state index contributed by atoms with van der Waals surface area (Å²) in [6.45, 7) is 0. The second-order valence-electron chi connectivity index (χ2n) is 2.55. The molecule has 1 aromatic rings. The van der Waals surface area contributed by atoms with Crippen LogP contribution in [0.3, 0.4) is 0 Å². The van der Waals surface area contributed by atoms with Gasteiger partial charge >= 0.3 is 5.97 Å². The molecule has 1 aromatic carbocycles. The van der Waals surface area contributed by atoms with Gasteiger partial charge in [-0.2, -0.15) is 0 Å². The average Bonchev–Trinajstić information content (AvgIpc) is 2.17. The molecule has 0 heterocycles. The number of aromatic carboxylic acids is 1. The zero-order valence-electron chi connectivity index (χ0n) is 6.71. The van der Waals surface area contributed by atoms with Gasteiger partial charge in [0.05, 0.1) is 10.9 Å². The van der Waals surface area contributed by atoms with Gasteiger partial charge in [-0.05, 0) is 17.7 Å². The lowest BCUT2D eigenvalue weighted by molar-refractivity contribution is 0.0697. The number of carboxylic acids is 1. The van der Waals surface area contributed by atoms with Crippen molar-refractivity contribution in [3.63, 3.8) is 0 Å². The predicted octanol–water partition coefficient (Wildman–Crippen LogP) is 2.90. The fourth-order valence-electron chi connectivity index (χ4n) is 0.924. The fourth-order valence-corrected chi connectivity index (χ4v) is 1.25. The summed E-state index contributed by atoms with van der Waals surface area (Å²) in [6, 6.07) is 6.37. The van der Waals surface area contributed by atoms with Crippen LogP contribution in [0.15, 0.2) is 24.3 Å². The number of alkyl halides is 2. The first-order valence-electron chi connectivity index (χ1n) is 3.68. The van der Waals surface area contributed by atoms with E-state index in [4.69, 9.17) is 28.3 Å². The molecule has 0 fully saturated rings. The molecule has 0 bridgehead atoms. The van der Waals surface area contributed by atoms with Crippen molar-refractivity contribution >= 4 is 29.2 Å². The van der Waals surface area contributed by atoms with Crippen molar-refractivity contribution in [2.24, 2.45) is 0 Å². The number of rotatable bonds is 3. The van der Waals surface area contributed by atoms with Crippen LogP contribution < -0.4 is 0 Å². The molecule has 0 spiro atoms. The highest BCUT2D eigenvalue weighted by molar-refractivity contribution is 6.28.